The molecule has 0 aliphatic carbocycles. The van der Waals surface area contributed by atoms with Gasteiger partial charge in [-0.1, -0.05) is 49.4 Å². The zero-order valence-electron chi connectivity index (χ0n) is 18.4. The molecule has 3 rings (SSSR count). The molecule has 1 aliphatic rings. The molecular weight excluding hydrogens is 449 g/mol. The van der Waals surface area contributed by atoms with Crippen molar-refractivity contribution in [1.29, 1.82) is 0 Å². The van der Waals surface area contributed by atoms with E-state index in [4.69, 9.17) is 16.3 Å². The van der Waals surface area contributed by atoms with Gasteiger partial charge in [0.2, 0.25) is 0 Å². The first-order valence-corrected chi connectivity index (χ1v) is 11.9. The van der Waals surface area contributed by atoms with Gasteiger partial charge in [-0.3, -0.25) is 0 Å². The Balaban J connectivity index is 2.29. The van der Waals surface area contributed by atoms with Gasteiger partial charge in [0.25, 0.3) is 0 Å². The fraction of sp³-hybridized carbons (Fsp3) is 0.280. The van der Waals surface area contributed by atoms with Crippen molar-refractivity contribution in [3.8, 4) is 0 Å². The zero-order valence-corrected chi connectivity index (χ0v) is 19.9. The van der Waals surface area contributed by atoms with Crippen LogP contribution in [0.4, 0.5) is 4.39 Å². The maximum absolute atomic E-state index is 15.2. The van der Waals surface area contributed by atoms with Gasteiger partial charge < -0.3 is 15.2 Å². The van der Waals surface area contributed by atoms with Crippen LogP contribution in [-0.4, -0.2) is 22.5 Å². The zero-order chi connectivity index (χ0) is 23.4. The number of hydrogen-bond acceptors (Lipinski definition) is 4. The lowest BCUT2D eigenvalue weighted by Gasteiger charge is -2.34. The number of benzene rings is 2. The summed E-state index contributed by atoms with van der Waals surface area (Å²) in [6.45, 7) is 9.55. The van der Waals surface area contributed by atoms with E-state index in [2.05, 4.69) is 11.9 Å². The summed E-state index contributed by atoms with van der Waals surface area (Å²) in [6.07, 6.45) is 0.560. The summed E-state index contributed by atoms with van der Waals surface area (Å²) in [7, 11) is -1.60. The fourth-order valence-corrected chi connectivity index (χ4v) is 5.86. The number of allylic oxidation sites excluding steroid dienone is 4. The molecule has 1 aliphatic heterocycles. The van der Waals surface area contributed by atoms with Crippen LogP contribution in [0.25, 0.3) is 0 Å². The molecule has 0 radical (unpaired) electrons. The Labute approximate surface area is 195 Å². The Kier molecular flexibility index (Phi) is 7.93. The number of hydrogen-bond donors (Lipinski definition) is 2. The van der Waals surface area contributed by atoms with Crippen LogP contribution in [0.2, 0.25) is 5.02 Å². The Morgan fingerprint density at radius 3 is 2.59 bits per heavy atom. The van der Waals surface area contributed by atoms with Crippen molar-refractivity contribution >= 4 is 22.4 Å². The first-order valence-electron chi connectivity index (χ1n) is 10.4. The predicted molar refractivity (Wildman–Crippen MR) is 127 cm³/mol. The molecule has 2 unspecified atom stereocenters. The van der Waals surface area contributed by atoms with Crippen molar-refractivity contribution in [2.45, 2.75) is 38.0 Å². The Morgan fingerprint density at radius 2 is 1.97 bits per heavy atom. The number of dihydropyridines is 1. The van der Waals surface area contributed by atoms with Gasteiger partial charge in [0.1, 0.15) is 18.2 Å². The van der Waals surface area contributed by atoms with Gasteiger partial charge in [-0.25, -0.2) is 8.60 Å². The molecule has 0 amide bonds. The van der Waals surface area contributed by atoms with Gasteiger partial charge in [0, 0.05) is 32.4 Å². The standard InChI is InChI=1S/C25H27ClFNO3S/c1-5-20-25(32(30)21-12-7-6-9-15(21)2)24(23-18(26)10-8-11-19(23)27)22(16(3)28-20)17(4)31-14-13-29/h6-12,24,28-29H,4-5,13-14H2,1-3H3. The molecule has 170 valence electrons. The third-order valence-corrected chi connectivity index (χ3v) is 7.46. The molecule has 2 aromatic rings. The first kappa shape index (κ1) is 24.2. The second-order valence-corrected chi connectivity index (χ2v) is 9.28. The average Bonchev–Trinajstić information content (AvgIpc) is 2.76. The smallest absolute Gasteiger partial charge is 0.128 e. The van der Waals surface area contributed by atoms with E-state index in [0.29, 0.717) is 27.5 Å². The summed E-state index contributed by atoms with van der Waals surface area (Å²) in [5, 5.41) is 12.8. The molecule has 2 aromatic carbocycles. The summed E-state index contributed by atoms with van der Waals surface area (Å²) in [6, 6.07) is 11.9. The normalized spacial score (nSPS) is 17.2. The molecule has 0 saturated heterocycles. The Hall–Kier alpha value is -2.41. The highest BCUT2D eigenvalue weighted by Gasteiger charge is 2.38. The van der Waals surface area contributed by atoms with E-state index >= 15 is 4.39 Å². The number of halogens is 2. The lowest BCUT2D eigenvalue weighted by molar-refractivity contribution is 0.149. The number of ether oxygens (including phenoxy) is 1. The van der Waals surface area contributed by atoms with Crippen molar-refractivity contribution in [2.24, 2.45) is 0 Å². The fourth-order valence-electron chi connectivity index (χ4n) is 3.92. The summed E-state index contributed by atoms with van der Waals surface area (Å²) >= 11 is 6.51. The highest BCUT2D eigenvalue weighted by molar-refractivity contribution is 7.89. The number of aliphatic hydroxyl groups is 1. The molecular formula is C25H27ClFNO3S. The quantitative estimate of drug-likeness (QED) is 0.481. The van der Waals surface area contributed by atoms with Gasteiger partial charge in [-0.2, -0.15) is 0 Å². The minimum atomic E-state index is -1.60. The van der Waals surface area contributed by atoms with Crippen molar-refractivity contribution in [2.75, 3.05) is 13.2 Å². The Bertz CT molecular complexity index is 1110. The highest BCUT2D eigenvalue weighted by Crippen LogP contribution is 2.47. The number of nitrogens with one attached hydrogen (secondary N) is 1. The van der Waals surface area contributed by atoms with Gasteiger partial charge in [-0.05, 0) is 44.0 Å². The topological polar surface area (TPSA) is 58.6 Å². The minimum Gasteiger partial charge on any atom is -0.491 e. The molecule has 0 saturated carbocycles. The third-order valence-electron chi connectivity index (χ3n) is 5.39. The number of rotatable bonds is 8. The van der Waals surface area contributed by atoms with E-state index in [9.17, 15) is 9.32 Å². The molecule has 0 aromatic heterocycles. The monoisotopic (exact) mass is 475 g/mol. The van der Waals surface area contributed by atoms with Crippen LogP contribution < -0.4 is 5.32 Å². The van der Waals surface area contributed by atoms with E-state index in [1.54, 1.807) is 6.07 Å². The highest BCUT2D eigenvalue weighted by atomic mass is 35.5. The average molecular weight is 476 g/mol. The van der Waals surface area contributed by atoms with Crippen LogP contribution in [0, 0.1) is 12.7 Å². The molecule has 0 fully saturated rings. The first-order chi connectivity index (χ1) is 15.3. The largest absolute Gasteiger partial charge is 0.491 e. The molecule has 0 spiro atoms. The van der Waals surface area contributed by atoms with Crippen LogP contribution in [0.15, 0.2) is 81.6 Å². The maximum atomic E-state index is 15.2. The van der Waals surface area contributed by atoms with Crippen molar-refractivity contribution in [1.82, 2.24) is 5.32 Å². The van der Waals surface area contributed by atoms with E-state index in [-0.39, 0.29) is 29.6 Å². The molecule has 2 N–H and O–H groups in total. The van der Waals surface area contributed by atoms with Gasteiger partial charge in [-0.15, -0.1) is 0 Å². The predicted octanol–water partition coefficient (Wildman–Crippen LogP) is 5.70. The van der Waals surface area contributed by atoms with E-state index < -0.39 is 22.5 Å². The van der Waals surface area contributed by atoms with Crippen LogP contribution in [0.3, 0.4) is 0 Å². The molecule has 32 heavy (non-hydrogen) atoms. The van der Waals surface area contributed by atoms with Crippen LogP contribution in [0.1, 0.15) is 37.3 Å². The molecule has 0 bridgehead atoms. The summed E-state index contributed by atoms with van der Waals surface area (Å²) < 4.78 is 34.9. The molecule has 7 heteroatoms. The maximum Gasteiger partial charge on any atom is 0.128 e. The lowest BCUT2D eigenvalue weighted by Crippen LogP contribution is -2.29. The van der Waals surface area contributed by atoms with E-state index in [0.717, 1.165) is 11.3 Å². The van der Waals surface area contributed by atoms with Crippen LogP contribution in [0.5, 0.6) is 0 Å². The molecule has 1 heterocycles. The van der Waals surface area contributed by atoms with Crippen molar-refractivity contribution in [3.63, 3.8) is 0 Å². The number of aliphatic hydroxyl groups excluding tert-OH is 1. The van der Waals surface area contributed by atoms with E-state index in [1.165, 1.54) is 12.1 Å². The van der Waals surface area contributed by atoms with E-state index in [1.807, 2.05) is 45.0 Å². The summed E-state index contributed by atoms with van der Waals surface area (Å²) in [4.78, 5) is 1.16. The lowest BCUT2D eigenvalue weighted by atomic mass is 9.84. The summed E-state index contributed by atoms with van der Waals surface area (Å²) in [5.41, 5.74) is 3.10. The van der Waals surface area contributed by atoms with Crippen molar-refractivity contribution in [3.05, 3.63) is 98.6 Å². The van der Waals surface area contributed by atoms with Crippen molar-refractivity contribution < 1.29 is 18.4 Å². The second kappa shape index (κ2) is 10.5. The summed E-state index contributed by atoms with van der Waals surface area (Å²) in [5.74, 6) is -1.01. The van der Waals surface area contributed by atoms with Crippen LogP contribution >= 0.6 is 11.6 Å². The Morgan fingerprint density at radius 1 is 1.25 bits per heavy atom. The van der Waals surface area contributed by atoms with Gasteiger partial charge in [0.05, 0.1) is 28.2 Å². The number of aryl methyl sites for hydroxylation is 1. The van der Waals surface area contributed by atoms with Gasteiger partial charge >= 0.3 is 0 Å². The van der Waals surface area contributed by atoms with Gasteiger partial charge in [0.15, 0.2) is 0 Å². The SMILES string of the molecule is C=C(OCCO)C1=C(C)NC(CC)=C(S(=O)c2ccccc2C)C1c1c(F)cccc1Cl. The third kappa shape index (κ3) is 4.68. The molecule has 4 nitrogen and oxygen atoms in total. The molecule has 2 atom stereocenters. The second-order valence-electron chi connectivity index (χ2n) is 7.46. The van der Waals surface area contributed by atoms with Crippen LogP contribution in [-0.2, 0) is 15.5 Å². The minimum absolute atomic E-state index is 0.0356.